The molecule has 15 heavy (non-hydrogen) atoms. The fraction of sp³-hybridized carbons (Fsp3) is 0.500. The van der Waals surface area contributed by atoms with Gasteiger partial charge in [0.1, 0.15) is 0 Å². The van der Waals surface area contributed by atoms with Gasteiger partial charge in [-0.15, -0.1) is 0 Å². The van der Waals surface area contributed by atoms with Crippen LogP contribution in [0.5, 0.6) is 0 Å². The minimum absolute atomic E-state index is 0.505. The van der Waals surface area contributed by atoms with Crippen LogP contribution in [-0.2, 0) is 0 Å². The Morgan fingerprint density at radius 3 is 3.13 bits per heavy atom. The maximum Gasteiger partial charge on any atom is 0.0470 e. The highest BCUT2D eigenvalue weighted by molar-refractivity contribution is 9.10. The number of rotatable bonds is 1. The zero-order valence-electron chi connectivity index (χ0n) is 9.04. The van der Waals surface area contributed by atoms with Crippen molar-refractivity contribution in [2.45, 2.75) is 12.5 Å². The van der Waals surface area contributed by atoms with Gasteiger partial charge in [-0.1, -0.05) is 28.1 Å². The van der Waals surface area contributed by atoms with Gasteiger partial charge >= 0.3 is 0 Å². The Hall–Kier alpha value is -0.380. The molecular weight excluding hydrogens is 252 g/mol. The summed E-state index contributed by atoms with van der Waals surface area (Å²) in [6.07, 6.45) is 1.24. The van der Waals surface area contributed by atoms with E-state index in [0.717, 1.165) is 17.6 Å². The summed E-state index contributed by atoms with van der Waals surface area (Å²) in [5.41, 5.74) is 1.39. The van der Waals surface area contributed by atoms with Crippen LogP contribution >= 0.6 is 15.9 Å². The lowest BCUT2D eigenvalue weighted by Crippen LogP contribution is -2.29. The van der Waals surface area contributed by atoms with Crippen molar-refractivity contribution < 1.29 is 0 Å². The summed E-state index contributed by atoms with van der Waals surface area (Å²) in [6.45, 7) is 3.35. The molecule has 2 nitrogen and oxygen atoms in total. The van der Waals surface area contributed by atoms with E-state index in [0.29, 0.717) is 6.04 Å². The summed E-state index contributed by atoms with van der Waals surface area (Å²) in [7, 11) is 2.21. The topological polar surface area (TPSA) is 15.3 Å². The van der Waals surface area contributed by atoms with Gasteiger partial charge in [-0.05, 0) is 44.3 Å². The standard InChI is InChI=1S/C12H17BrN2/c1-15-7-3-6-14-9-12(15)10-4-2-5-11(13)8-10/h2,4-5,8,12,14H,3,6-7,9H2,1H3. The molecule has 1 N–H and O–H groups in total. The van der Waals surface area contributed by atoms with Crippen LogP contribution in [0.25, 0.3) is 0 Å². The third kappa shape index (κ3) is 2.80. The second-order valence-electron chi connectivity index (χ2n) is 4.11. The van der Waals surface area contributed by atoms with E-state index in [9.17, 15) is 0 Å². The molecule has 2 rings (SSSR count). The van der Waals surface area contributed by atoms with E-state index in [2.05, 4.69) is 57.5 Å². The molecule has 0 aliphatic carbocycles. The lowest BCUT2D eigenvalue weighted by atomic mass is 10.1. The molecule has 1 fully saturated rings. The van der Waals surface area contributed by atoms with E-state index in [1.165, 1.54) is 18.5 Å². The molecule has 1 unspecified atom stereocenters. The average molecular weight is 269 g/mol. The van der Waals surface area contributed by atoms with Crippen LogP contribution in [0.2, 0.25) is 0 Å². The summed E-state index contributed by atoms with van der Waals surface area (Å²) in [6, 6.07) is 9.11. The molecule has 0 spiro atoms. The molecular formula is C12H17BrN2. The Morgan fingerprint density at radius 1 is 1.47 bits per heavy atom. The van der Waals surface area contributed by atoms with Gasteiger partial charge < -0.3 is 5.32 Å². The minimum Gasteiger partial charge on any atom is -0.315 e. The third-order valence-corrected chi connectivity index (χ3v) is 3.46. The van der Waals surface area contributed by atoms with Gasteiger partial charge in [0.2, 0.25) is 0 Å². The highest BCUT2D eigenvalue weighted by atomic mass is 79.9. The van der Waals surface area contributed by atoms with E-state index < -0.39 is 0 Å². The Morgan fingerprint density at radius 2 is 2.33 bits per heavy atom. The van der Waals surface area contributed by atoms with Crippen molar-refractivity contribution in [2.75, 3.05) is 26.7 Å². The van der Waals surface area contributed by atoms with Gasteiger partial charge in [-0.25, -0.2) is 0 Å². The van der Waals surface area contributed by atoms with Gasteiger partial charge in [0.05, 0.1) is 0 Å². The monoisotopic (exact) mass is 268 g/mol. The molecule has 1 aliphatic heterocycles. The molecule has 0 saturated carbocycles. The van der Waals surface area contributed by atoms with E-state index in [-0.39, 0.29) is 0 Å². The average Bonchev–Trinajstić information content (AvgIpc) is 2.43. The number of benzene rings is 1. The van der Waals surface area contributed by atoms with Crippen molar-refractivity contribution >= 4 is 15.9 Å². The van der Waals surface area contributed by atoms with Crippen molar-refractivity contribution in [3.8, 4) is 0 Å². The quantitative estimate of drug-likeness (QED) is 0.842. The molecule has 0 radical (unpaired) electrons. The number of likely N-dealkylation sites (N-methyl/N-ethyl adjacent to an activating group) is 1. The first-order valence-corrected chi connectivity index (χ1v) is 6.23. The minimum atomic E-state index is 0.505. The summed E-state index contributed by atoms with van der Waals surface area (Å²) in [4.78, 5) is 2.43. The van der Waals surface area contributed by atoms with Gasteiger partial charge in [0.25, 0.3) is 0 Å². The van der Waals surface area contributed by atoms with Crippen LogP contribution in [0.4, 0.5) is 0 Å². The van der Waals surface area contributed by atoms with Gasteiger partial charge in [0, 0.05) is 17.1 Å². The molecule has 1 aromatic rings. The van der Waals surface area contributed by atoms with Crippen LogP contribution in [0, 0.1) is 0 Å². The van der Waals surface area contributed by atoms with Crippen molar-refractivity contribution in [3.05, 3.63) is 34.3 Å². The van der Waals surface area contributed by atoms with Crippen molar-refractivity contribution in [2.24, 2.45) is 0 Å². The Balaban J connectivity index is 2.20. The Labute approximate surface area is 99.8 Å². The van der Waals surface area contributed by atoms with Crippen LogP contribution in [0.3, 0.4) is 0 Å². The number of hydrogen-bond donors (Lipinski definition) is 1. The zero-order chi connectivity index (χ0) is 10.7. The first kappa shape index (κ1) is 11.1. The fourth-order valence-corrected chi connectivity index (χ4v) is 2.51. The molecule has 0 amide bonds. The highest BCUT2D eigenvalue weighted by Gasteiger charge is 2.18. The van der Waals surface area contributed by atoms with Crippen LogP contribution in [-0.4, -0.2) is 31.6 Å². The second kappa shape index (κ2) is 5.10. The second-order valence-corrected chi connectivity index (χ2v) is 5.02. The largest absolute Gasteiger partial charge is 0.315 e. The van der Waals surface area contributed by atoms with Crippen molar-refractivity contribution in [1.29, 1.82) is 0 Å². The van der Waals surface area contributed by atoms with Gasteiger partial charge in [-0.3, -0.25) is 4.90 Å². The molecule has 1 saturated heterocycles. The zero-order valence-corrected chi connectivity index (χ0v) is 10.6. The van der Waals surface area contributed by atoms with Crippen LogP contribution in [0.1, 0.15) is 18.0 Å². The molecule has 0 aromatic heterocycles. The SMILES string of the molecule is CN1CCCNCC1c1cccc(Br)c1. The lowest BCUT2D eigenvalue weighted by Gasteiger charge is -2.25. The molecule has 82 valence electrons. The van der Waals surface area contributed by atoms with E-state index in [1.807, 2.05) is 0 Å². The summed E-state index contributed by atoms with van der Waals surface area (Å²) in [5.74, 6) is 0. The normalized spacial score (nSPS) is 23.7. The van der Waals surface area contributed by atoms with Crippen molar-refractivity contribution in [3.63, 3.8) is 0 Å². The molecule has 1 heterocycles. The maximum absolute atomic E-state index is 3.53. The fourth-order valence-electron chi connectivity index (χ4n) is 2.09. The van der Waals surface area contributed by atoms with Gasteiger partial charge in [-0.2, -0.15) is 0 Å². The van der Waals surface area contributed by atoms with Crippen LogP contribution < -0.4 is 5.32 Å². The number of hydrogen-bond acceptors (Lipinski definition) is 2. The predicted octanol–water partition coefficient (Wildman–Crippen LogP) is 2.42. The predicted molar refractivity (Wildman–Crippen MR) is 67.0 cm³/mol. The highest BCUT2D eigenvalue weighted by Crippen LogP contribution is 2.23. The van der Waals surface area contributed by atoms with E-state index >= 15 is 0 Å². The van der Waals surface area contributed by atoms with E-state index in [4.69, 9.17) is 0 Å². The molecule has 1 aromatic carbocycles. The molecule has 1 atom stereocenters. The maximum atomic E-state index is 3.53. The molecule has 0 bridgehead atoms. The first-order valence-electron chi connectivity index (χ1n) is 5.44. The molecule has 3 heteroatoms. The van der Waals surface area contributed by atoms with Gasteiger partial charge in [0.15, 0.2) is 0 Å². The molecule has 1 aliphatic rings. The number of nitrogens with one attached hydrogen (secondary N) is 1. The number of halogens is 1. The Kier molecular flexibility index (Phi) is 3.78. The van der Waals surface area contributed by atoms with Crippen LogP contribution in [0.15, 0.2) is 28.7 Å². The third-order valence-electron chi connectivity index (χ3n) is 2.97. The van der Waals surface area contributed by atoms with E-state index in [1.54, 1.807) is 0 Å². The lowest BCUT2D eigenvalue weighted by molar-refractivity contribution is 0.261. The smallest absolute Gasteiger partial charge is 0.0470 e. The number of nitrogens with zero attached hydrogens (tertiary/aromatic N) is 1. The summed E-state index contributed by atoms with van der Waals surface area (Å²) < 4.78 is 1.16. The first-order chi connectivity index (χ1) is 7.27. The Bertz CT molecular complexity index is 327. The summed E-state index contributed by atoms with van der Waals surface area (Å²) >= 11 is 3.53. The summed E-state index contributed by atoms with van der Waals surface area (Å²) in [5, 5.41) is 3.49. The van der Waals surface area contributed by atoms with Crippen molar-refractivity contribution in [1.82, 2.24) is 10.2 Å².